The molecule has 3 rings (SSSR count). The van der Waals surface area contributed by atoms with Gasteiger partial charge in [-0.1, -0.05) is 45.0 Å². The van der Waals surface area contributed by atoms with Crippen molar-refractivity contribution in [1.29, 1.82) is 0 Å². The minimum Gasteiger partial charge on any atom is -0.338 e. The average molecular weight is 315 g/mol. The Hall–Kier alpha value is -2.04. The van der Waals surface area contributed by atoms with Crippen LogP contribution in [-0.4, -0.2) is 47.9 Å². The van der Waals surface area contributed by atoms with E-state index in [9.17, 15) is 9.59 Å². The molecular formula is C18H25N3O2. The van der Waals surface area contributed by atoms with Gasteiger partial charge >= 0.3 is 6.03 Å². The van der Waals surface area contributed by atoms with Gasteiger partial charge in [-0.05, 0) is 17.5 Å². The molecule has 5 nitrogen and oxygen atoms in total. The summed E-state index contributed by atoms with van der Waals surface area (Å²) in [7, 11) is 0. The molecule has 0 aliphatic carbocycles. The normalized spacial score (nSPS) is 22.4. The molecule has 2 heterocycles. The van der Waals surface area contributed by atoms with Gasteiger partial charge in [-0.3, -0.25) is 4.79 Å². The lowest BCUT2D eigenvalue weighted by Crippen LogP contribution is -2.60. The Bertz CT molecular complexity index is 626. The number of nitrogens with one attached hydrogen (secondary N) is 1. The summed E-state index contributed by atoms with van der Waals surface area (Å²) in [5, 5.41) is 2.87. The van der Waals surface area contributed by atoms with Crippen LogP contribution in [0.3, 0.4) is 0 Å². The van der Waals surface area contributed by atoms with Gasteiger partial charge in [0.2, 0.25) is 5.91 Å². The van der Waals surface area contributed by atoms with Crippen LogP contribution in [0.1, 0.15) is 44.4 Å². The van der Waals surface area contributed by atoms with Crippen LogP contribution in [0.15, 0.2) is 24.3 Å². The van der Waals surface area contributed by atoms with Crippen LogP contribution in [-0.2, 0) is 10.2 Å². The minimum atomic E-state index is -0.137. The highest BCUT2D eigenvalue weighted by molar-refractivity contribution is 5.86. The largest absolute Gasteiger partial charge is 0.338 e. The number of nitrogens with zero attached hydrogens (tertiary/aromatic N) is 2. The highest BCUT2D eigenvalue weighted by atomic mass is 16.2. The third-order valence-corrected chi connectivity index (χ3v) is 4.84. The smallest absolute Gasteiger partial charge is 0.317 e. The number of amides is 3. The topological polar surface area (TPSA) is 52.7 Å². The summed E-state index contributed by atoms with van der Waals surface area (Å²) in [6, 6.07) is 8.13. The van der Waals surface area contributed by atoms with Crippen LogP contribution in [0.2, 0.25) is 0 Å². The van der Waals surface area contributed by atoms with E-state index in [2.05, 4.69) is 31.3 Å². The van der Waals surface area contributed by atoms with Crippen LogP contribution in [0, 0.1) is 0 Å². The number of benzene rings is 1. The monoisotopic (exact) mass is 315 g/mol. The molecule has 0 spiro atoms. The van der Waals surface area contributed by atoms with Crippen LogP contribution in [0.4, 0.5) is 4.79 Å². The highest BCUT2D eigenvalue weighted by Gasteiger charge is 2.44. The zero-order chi connectivity index (χ0) is 16.6. The van der Waals surface area contributed by atoms with Crippen molar-refractivity contribution in [2.75, 3.05) is 26.2 Å². The Labute approximate surface area is 137 Å². The first-order chi connectivity index (χ1) is 10.9. The Morgan fingerprint density at radius 1 is 1.35 bits per heavy atom. The molecule has 3 amide bonds. The third kappa shape index (κ3) is 2.80. The second-order valence-electron chi connectivity index (χ2n) is 7.12. The number of urea groups is 1. The van der Waals surface area contributed by atoms with Crippen molar-refractivity contribution in [3.05, 3.63) is 35.4 Å². The maximum absolute atomic E-state index is 12.6. The maximum Gasteiger partial charge on any atom is 0.317 e. The number of rotatable bonds is 2. The highest BCUT2D eigenvalue weighted by Crippen LogP contribution is 2.41. The standard InChI is InChI=1S/C18H25N3O2/c1-4-9-19-17(23)20-10-15-13-7-5-6-8-14(13)18(2,3)12-21(15)16(22)11-20/h5-8,15H,4,9-12H2,1-3H3,(H,19,23). The first kappa shape index (κ1) is 15.8. The first-order valence-corrected chi connectivity index (χ1v) is 8.35. The fourth-order valence-corrected chi connectivity index (χ4v) is 3.68. The van der Waals surface area contributed by atoms with Gasteiger partial charge in [-0.15, -0.1) is 0 Å². The Kier molecular flexibility index (Phi) is 4.04. The summed E-state index contributed by atoms with van der Waals surface area (Å²) in [5.41, 5.74) is 2.39. The average Bonchev–Trinajstić information content (AvgIpc) is 2.53. The second-order valence-corrected chi connectivity index (χ2v) is 7.12. The molecule has 23 heavy (non-hydrogen) atoms. The van der Waals surface area contributed by atoms with E-state index in [1.54, 1.807) is 4.90 Å². The Morgan fingerprint density at radius 2 is 2.09 bits per heavy atom. The van der Waals surface area contributed by atoms with Crippen LogP contribution < -0.4 is 5.32 Å². The molecule has 1 saturated heterocycles. The quantitative estimate of drug-likeness (QED) is 0.910. The van der Waals surface area contributed by atoms with Crippen molar-refractivity contribution in [2.24, 2.45) is 0 Å². The van der Waals surface area contributed by atoms with Gasteiger partial charge in [0, 0.05) is 25.0 Å². The van der Waals surface area contributed by atoms with Crippen LogP contribution >= 0.6 is 0 Å². The van der Waals surface area contributed by atoms with E-state index in [4.69, 9.17) is 0 Å². The summed E-state index contributed by atoms with van der Waals surface area (Å²) in [6.45, 7) is 8.45. The van der Waals surface area contributed by atoms with Gasteiger partial charge in [0.05, 0.1) is 6.04 Å². The zero-order valence-electron chi connectivity index (χ0n) is 14.1. The summed E-state index contributed by atoms with van der Waals surface area (Å²) in [4.78, 5) is 28.5. The van der Waals surface area contributed by atoms with Gasteiger partial charge in [-0.2, -0.15) is 0 Å². The molecule has 1 aromatic rings. The van der Waals surface area contributed by atoms with E-state index in [-0.39, 0.29) is 29.9 Å². The maximum atomic E-state index is 12.6. The molecule has 1 atom stereocenters. The van der Waals surface area contributed by atoms with E-state index in [1.807, 2.05) is 24.0 Å². The van der Waals surface area contributed by atoms with E-state index in [0.29, 0.717) is 19.6 Å². The fraction of sp³-hybridized carbons (Fsp3) is 0.556. The molecular weight excluding hydrogens is 290 g/mol. The molecule has 0 aromatic heterocycles. The Balaban J connectivity index is 1.90. The second kappa shape index (κ2) is 5.87. The molecule has 2 aliphatic heterocycles. The molecule has 0 bridgehead atoms. The molecule has 124 valence electrons. The fourth-order valence-electron chi connectivity index (χ4n) is 3.68. The predicted octanol–water partition coefficient (Wildman–Crippen LogP) is 2.28. The van der Waals surface area contributed by atoms with Crippen LogP contribution in [0.25, 0.3) is 0 Å². The van der Waals surface area contributed by atoms with Crippen molar-refractivity contribution in [3.8, 4) is 0 Å². The number of piperazine rings is 1. The molecule has 2 aliphatic rings. The van der Waals surface area contributed by atoms with Crippen molar-refractivity contribution >= 4 is 11.9 Å². The molecule has 1 fully saturated rings. The summed E-state index contributed by atoms with van der Waals surface area (Å²) < 4.78 is 0. The van der Waals surface area contributed by atoms with E-state index in [0.717, 1.165) is 6.42 Å². The summed E-state index contributed by atoms with van der Waals surface area (Å²) >= 11 is 0. The minimum absolute atomic E-state index is 0.0344. The van der Waals surface area contributed by atoms with Gasteiger partial charge in [0.1, 0.15) is 6.54 Å². The zero-order valence-corrected chi connectivity index (χ0v) is 14.1. The predicted molar refractivity (Wildman–Crippen MR) is 89.2 cm³/mol. The number of carbonyl (C=O) groups excluding carboxylic acids is 2. The van der Waals surface area contributed by atoms with E-state index in [1.165, 1.54) is 11.1 Å². The number of fused-ring (bicyclic) bond motifs is 3. The van der Waals surface area contributed by atoms with Crippen molar-refractivity contribution < 1.29 is 9.59 Å². The van der Waals surface area contributed by atoms with E-state index < -0.39 is 0 Å². The molecule has 1 aromatic carbocycles. The summed E-state index contributed by atoms with van der Waals surface area (Å²) in [5.74, 6) is 0.0375. The first-order valence-electron chi connectivity index (χ1n) is 8.35. The van der Waals surface area contributed by atoms with Crippen molar-refractivity contribution in [2.45, 2.75) is 38.6 Å². The molecule has 1 N–H and O–H groups in total. The lowest BCUT2D eigenvalue weighted by atomic mass is 9.75. The Morgan fingerprint density at radius 3 is 2.83 bits per heavy atom. The molecule has 0 radical (unpaired) electrons. The lowest BCUT2D eigenvalue weighted by molar-refractivity contribution is -0.140. The van der Waals surface area contributed by atoms with Gasteiger partial charge in [0.25, 0.3) is 0 Å². The lowest BCUT2D eigenvalue weighted by Gasteiger charge is -2.49. The molecule has 1 unspecified atom stereocenters. The SMILES string of the molecule is CCCNC(=O)N1CC(=O)N2CC(C)(C)c3ccccc3C2C1. The third-order valence-electron chi connectivity index (χ3n) is 4.84. The van der Waals surface area contributed by atoms with Gasteiger partial charge in [-0.25, -0.2) is 4.79 Å². The number of hydrogen-bond donors (Lipinski definition) is 1. The summed E-state index contributed by atoms with van der Waals surface area (Å²) in [6.07, 6.45) is 0.889. The van der Waals surface area contributed by atoms with Gasteiger partial charge in [0.15, 0.2) is 0 Å². The number of carbonyl (C=O) groups is 2. The van der Waals surface area contributed by atoms with Gasteiger partial charge < -0.3 is 15.1 Å². The molecule has 0 saturated carbocycles. The van der Waals surface area contributed by atoms with Crippen molar-refractivity contribution in [3.63, 3.8) is 0 Å². The number of hydrogen-bond acceptors (Lipinski definition) is 2. The van der Waals surface area contributed by atoms with Crippen LogP contribution in [0.5, 0.6) is 0 Å². The van der Waals surface area contributed by atoms with Crippen molar-refractivity contribution in [1.82, 2.24) is 15.1 Å². The van der Waals surface area contributed by atoms with E-state index >= 15 is 0 Å². The molecule has 5 heteroatoms.